The molecular formula is C15H19+. The Morgan fingerprint density at radius 3 is 2.33 bits per heavy atom. The summed E-state index contributed by atoms with van der Waals surface area (Å²) in [6.07, 6.45) is 0. The molecule has 2 aromatic rings. The fourth-order valence-electron chi connectivity index (χ4n) is 2.14. The van der Waals surface area contributed by atoms with E-state index in [4.69, 9.17) is 0 Å². The SMILES string of the molecule is Cc1ccc2c(C)ccc(C(C)C)c2c1.[H+]. The predicted octanol–water partition coefficient (Wildman–Crippen LogP) is 4.69. The minimum Gasteiger partial charge on any atom is -0.0587 e. The fraction of sp³-hybridized carbons (Fsp3) is 0.333. The van der Waals surface area contributed by atoms with Gasteiger partial charge in [0.05, 0.1) is 0 Å². The molecule has 0 spiro atoms. The summed E-state index contributed by atoms with van der Waals surface area (Å²) < 4.78 is 0. The Kier molecular flexibility index (Phi) is 2.52. The van der Waals surface area contributed by atoms with Crippen LogP contribution in [0.1, 0.15) is 37.9 Å². The van der Waals surface area contributed by atoms with Gasteiger partial charge in [0, 0.05) is 0 Å². The van der Waals surface area contributed by atoms with E-state index in [0.29, 0.717) is 5.92 Å². The van der Waals surface area contributed by atoms with Crippen molar-refractivity contribution in [3.8, 4) is 0 Å². The van der Waals surface area contributed by atoms with Crippen LogP contribution in [0.3, 0.4) is 0 Å². The van der Waals surface area contributed by atoms with Crippen molar-refractivity contribution in [2.45, 2.75) is 33.6 Å². The summed E-state index contributed by atoms with van der Waals surface area (Å²) in [4.78, 5) is 0. The summed E-state index contributed by atoms with van der Waals surface area (Å²) in [6.45, 7) is 8.85. The van der Waals surface area contributed by atoms with Gasteiger partial charge in [-0.05, 0) is 41.7 Å². The van der Waals surface area contributed by atoms with Gasteiger partial charge in [0.15, 0.2) is 0 Å². The second kappa shape index (κ2) is 3.69. The van der Waals surface area contributed by atoms with E-state index in [0.717, 1.165) is 0 Å². The molecule has 0 bridgehead atoms. The summed E-state index contributed by atoms with van der Waals surface area (Å²) in [5.74, 6) is 0.592. The van der Waals surface area contributed by atoms with Crippen molar-refractivity contribution in [3.63, 3.8) is 0 Å². The van der Waals surface area contributed by atoms with Gasteiger partial charge in [-0.1, -0.05) is 49.7 Å². The van der Waals surface area contributed by atoms with Gasteiger partial charge in [-0.15, -0.1) is 0 Å². The van der Waals surface area contributed by atoms with Crippen LogP contribution in [0.15, 0.2) is 30.3 Å². The number of rotatable bonds is 1. The lowest BCUT2D eigenvalue weighted by Crippen LogP contribution is -1.91. The van der Waals surface area contributed by atoms with Crippen LogP contribution < -0.4 is 0 Å². The molecule has 15 heavy (non-hydrogen) atoms. The van der Waals surface area contributed by atoms with Crippen LogP contribution in [0.5, 0.6) is 0 Å². The molecule has 0 aliphatic rings. The molecule has 0 saturated heterocycles. The van der Waals surface area contributed by atoms with Gasteiger partial charge < -0.3 is 0 Å². The first-order valence-electron chi connectivity index (χ1n) is 5.59. The maximum Gasteiger partial charge on any atom is 1.00 e. The molecule has 0 heterocycles. The third kappa shape index (κ3) is 1.77. The highest BCUT2D eigenvalue weighted by Gasteiger charge is 2.06. The molecule has 0 fully saturated rings. The Labute approximate surface area is 93.4 Å². The first kappa shape index (κ1) is 10.2. The quantitative estimate of drug-likeness (QED) is 0.625. The largest absolute Gasteiger partial charge is 1.00 e. The molecule has 0 nitrogen and oxygen atoms in total. The average molecular weight is 199 g/mol. The maximum absolute atomic E-state index is 2.30. The van der Waals surface area contributed by atoms with Gasteiger partial charge in [-0.25, -0.2) is 0 Å². The van der Waals surface area contributed by atoms with Crippen LogP contribution in [0.4, 0.5) is 0 Å². The van der Waals surface area contributed by atoms with Gasteiger partial charge in [-0.3, -0.25) is 0 Å². The highest BCUT2D eigenvalue weighted by Crippen LogP contribution is 2.28. The third-order valence-corrected chi connectivity index (χ3v) is 3.05. The zero-order valence-electron chi connectivity index (χ0n) is 11.0. The third-order valence-electron chi connectivity index (χ3n) is 3.05. The Bertz CT molecular complexity index is 498. The molecule has 78 valence electrons. The van der Waals surface area contributed by atoms with Gasteiger partial charge in [0.1, 0.15) is 0 Å². The number of benzene rings is 2. The van der Waals surface area contributed by atoms with Crippen LogP contribution in [0.2, 0.25) is 0 Å². The molecule has 0 aliphatic carbocycles. The van der Waals surface area contributed by atoms with Crippen molar-refractivity contribution in [2.75, 3.05) is 0 Å². The van der Waals surface area contributed by atoms with Crippen molar-refractivity contribution in [3.05, 3.63) is 47.0 Å². The highest BCUT2D eigenvalue weighted by molar-refractivity contribution is 5.89. The Hall–Kier alpha value is -1.30. The molecule has 0 aliphatic heterocycles. The lowest BCUT2D eigenvalue weighted by atomic mass is 9.93. The Morgan fingerprint density at radius 2 is 1.67 bits per heavy atom. The van der Waals surface area contributed by atoms with Gasteiger partial charge in [0.25, 0.3) is 0 Å². The molecule has 0 aromatic heterocycles. The van der Waals surface area contributed by atoms with Crippen molar-refractivity contribution >= 4 is 10.8 Å². The molecule has 2 rings (SSSR count). The number of hydrogen-bond acceptors (Lipinski definition) is 0. The molecule has 0 N–H and O–H groups in total. The van der Waals surface area contributed by atoms with E-state index < -0.39 is 0 Å². The highest BCUT2D eigenvalue weighted by atomic mass is 14.1. The fourth-order valence-corrected chi connectivity index (χ4v) is 2.14. The van der Waals surface area contributed by atoms with Crippen molar-refractivity contribution in [1.82, 2.24) is 0 Å². The zero-order chi connectivity index (χ0) is 11.0. The maximum atomic E-state index is 2.30. The van der Waals surface area contributed by atoms with E-state index >= 15 is 0 Å². The summed E-state index contributed by atoms with van der Waals surface area (Å²) in [7, 11) is 0. The van der Waals surface area contributed by atoms with Crippen molar-refractivity contribution < 1.29 is 1.43 Å². The normalized spacial score (nSPS) is 11.3. The van der Waals surface area contributed by atoms with Gasteiger partial charge >= 0.3 is 1.43 Å². The van der Waals surface area contributed by atoms with Crippen LogP contribution in [-0.4, -0.2) is 0 Å². The minimum atomic E-state index is 0. The zero-order valence-corrected chi connectivity index (χ0v) is 9.96. The van der Waals surface area contributed by atoms with E-state index in [9.17, 15) is 0 Å². The molecule has 2 aromatic carbocycles. The Morgan fingerprint density at radius 1 is 0.933 bits per heavy atom. The average Bonchev–Trinajstić information content (AvgIpc) is 2.17. The summed E-state index contributed by atoms with van der Waals surface area (Å²) in [5.41, 5.74) is 4.17. The van der Waals surface area contributed by atoms with Crippen LogP contribution >= 0.6 is 0 Å². The van der Waals surface area contributed by atoms with Crippen LogP contribution in [-0.2, 0) is 0 Å². The molecule has 0 heteroatoms. The van der Waals surface area contributed by atoms with Gasteiger partial charge in [0.2, 0.25) is 0 Å². The molecular weight excluding hydrogens is 180 g/mol. The summed E-state index contributed by atoms with van der Waals surface area (Å²) >= 11 is 0. The molecule has 0 amide bonds. The van der Waals surface area contributed by atoms with Crippen molar-refractivity contribution in [1.29, 1.82) is 0 Å². The van der Waals surface area contributed by atoms with Crippen LogP contribution in [0.25, 0.3) is 10.8 Å². The van der Waals surface area contributed by atoms with E-state index in [2.05, 4.69) is 58.0 Å². The summed E-state index contributed by atoms with van der Waals surface area (Å²) in [5, 5.41) is 2.82. The monoisotopic (exact) mass is 199 g/mol. The van der Waals surface area contributed by atoms with E-state index in [1.165, 1.54) is 27.5 Å². The molecule has 0 unspecified atom stereocenters. The number of aryl methyl sites for hydroxylation is 2. The van der Waals surface area contributed by atoms with Crippen LogP contribution in [0, 0.1) is 13.8 Å². The van der Waals surface area contributed by atoms with Gasteiger partial charge in [-0.2, -0.15) is 0 Å². The lowest BCUT2D eigenvalue weighted by Gasteiger charge is -2.12. The second-order valence-electron chi connectivity index (χ2n) is 4.68. The second-order valence-corrected chi connectivity index (χ2v) is 4.68. The first-order chi connectivity index (χ1) is 7.09. The van der Waals surface area contributed by atoms with E-state index in [1.807, 2.05) is 0 Å². The first-order valence-corrected chi connectivity index (χ1v) is 5.59. The summed E-state index contributed by atoms with van der Waals surface area (Å²) in [6, 6.07) is 11.2. The number of fused-ring (bicyclic) bond motifs is 1. The topological polar surface area (TPSA) is 0 Å². The number of hydrogen-bond donors (Lipinski definition) is 0. The minimum absolute atomic E-state index is 0. The van der Waals surface area contributed by atoms with E-state index in [1.54, 1.807) is 0 Å². The predicted molar refractivity (Wildman–Crippen MR) is 68.6 cm³/mol. The molecule has 0 atom stereocenters. The smallest absolute Gasteiger partial charge is 0.0587 e. The molecule has 0 saturated carbocycles. The molecule has 0 radical (unpaired) electrons. The van der Waals surface area contributed by atoms with E-state index in [-0.39, 0.29) is 1.43 Å². The standard InChI is InChI=1S/C15H18/c1-10(2)13-8-6-12(4)14-7-5-11(3)9-15(13)14/h5-10H,1-4H3/p+1. The van der Waals surface area contributed by atoms with Crippen molar-refractivity contribution in [2.24, 2.45) is 0 Å². The lowest BCUT2D eigenvalue weighted by molar-refractivity contribution is 0.876. The Balaban J connectivity index is 0.00000128.